The summed E-state index contributed by atoms with van der Waals surface area (Å²) in [4.78, 5) is 22.8. The number of hydrogen-bond donors (Lipinski definition) is 3. The molecule has 0 aliphatic heterocycles. The van der Waals surface area contributed by atoms with E-state index in [0.29, 0.717) is 27.0 Å². The zero-order chi connectivity index (χ0) is 15.4. The maximum atomic E-state index is 12.1. The van der Waals surface area contributed by atoms with E-state index in [1.165, 1.54) is 12.1 Å². The standard InChI is InChI=1S/C14H11Cl2N3O2/c15-9-5-8(6-10(16)7-9)13(20)18-11-1-3-12(4-2-11)19-14(17)21/h1-7H,(H,18,20)(H3,17,19,21). The fourth-order valence-corrected chi connectivity index (χ4v) is 2.19. The number of urea groups is 1. The Hall–Kier alpha value is -2.24. The van der Waals surface area contributed by atoms with E-state index < -0.39 is 6.03 Å². The molecule has 2 rings (SSSR count). The van der Waals surface area contributed by atoms with Crippen molar-refractivity contribution in [2.24, 2.45) is 5.73 Å². The molecule has 108 valence electrons. The third-order valence-electron chi connectivity index (χ3n) is 2.54. The third kappa shape index (κ3) is 4.37. The first kappa shape index (κ1) is 15.2. The van der Waals surface area contributed by atoms with Gasteiger partial charge in [0.05, 0.1) is 0 Å². The number of carbonyl (C=O) groups excluding carboxylic acids is 2. The van der Waals surface area contributed by atoms with Gasteiger partial charge < -0.3 is 16.4 Å². The molecule has 0 atom stereocenters. The lowest BCUT2D eigenvalue weighted by molar-refractivity contribution is 0.102. The number of primary amides is 1. The fourth-order valence-electron chi connectivity index (χ4n) is 1.67. The summed E-state index contributed by atoms with van der Waals surface area (Å²) in [6.45, 7) is 0. The molecule has 0 radical (unpaired) electrons. The Morgan fingerprint density at radius 3 is 1.81 bits per heavy atom. The van der Waals surface area contributed by atoms with E-state index in [1.54, 1.807) is 30.3 Å². The van der Waals surface area contributed by atoms with Gasteiger partial charge in [0.1, 0.15) is 0 Å². The Kier molecular flexibility index (Phi) is 4.67. The van der Waals surface area contributed by atoms with Crippen molar-refractivity contribution >= 4 is 46.5 Å². The lowest BCUT2D eigenvalue weighted by atomic mass is 10.2. The molecule has 2 aromatic rings. The summed E-state index contributed by atoms with van der Waals surface area (Å²) in [7, 11) is 0. The van der Waals surface area contributed by atoms with Crippen LogP contribution in [0.2, 0.25) is 10.0 Å². The van der Waals surface area contributed by atoms with Gasteiger partial charge >= 0.3 is 6.03 Å². The molecule has 0 bridgehead atoms. The molecular weight excluding hydrogens is 313 g/mol. The highest BCUT2D eigenvalue weighted by Gasteiger charge is 2.08. The van der Waals surface area contributed by atoms with E-state index in [4.69, 9.17) is 28.9 Å². The average molecular weight is 324 g/mol. The quantitative estimate of drug-likeness (QED) is 0.803. The van der Waals surface area contributed by atoms with E-state index in [9.17, 15) is 9.59 Å². The fraction of sp³-hybridized carbons (Fsp3) is 0. The highest BCUT2D eigenvalue weighted by atomic mass is 35.5. The van der Waals surface area contributed by atoms with Crippen LogP contribution >= 0.6 is 23.2 Å². The topological polar surface area (TPSA) is 84.2 Å². The number of nitrogens with one attached hydrogen (secondary N) is 2. The first-order chi connectivity index (χ1) is 9.94. The summed E-state index contributed by atoms with van der Waals surface area (Å²) in [6, 6.07) is 10.4. The second kappa shape index (κ2) is 6.47. The number of hydrogen-bond acceptors (Lipinski definition) is 2. The molecule has 4 N–H and O–H groups in total. The summed E-state index contributed by atoms with van der Waals surface area (Å²) in [5.41, 5.74) is 6.45. The Morgan fingerprint density at radius 2 is 1.33 bits per heavy atom. The minimum Gasteiger partial charge on any atom is -0.351 e. The summed E-state index contributed by atoms with van der Waals surface area (Å²) >= 11 is 11.7. The van der Waals surface area contributed by atoms with Crippen LogP contribution < -0.4 is 16.4 Å². The number of carbonyl (C=O) groups is 2. The van der Waals surface area contributed by atoms with Crippen molar-refractivity contribution in [2.75, 3.05) is 10.6 Å². The van der Waals surface area contributed by atoms with Crippen LogP contribution in [0.1, 0.15) is 10.4 Å². The molecule has 0 spiro atoms. The van der Waals surface area contributed by atoms with E-state index in [2.05, 4.69) is 10.6 Å². The molecule has 0 fully saturated rings. The number of amides is 3. The van der Waals surface area contributed by atoms with Gasteiger partial charge in [-0.1, -0.05) is 23.2 Å². The average Bonchev–Trinajstić information content (AvgIpc) is 2.39. The van der Waals surface area contributed by atoms with Crippen molar-refractivity contribution in [2.45, 2.75) is 0 Å². The summed E-state index contributed by atoms with van der Waals surface area (Å²) in [5, 5.41) is 5.88. The Balaban J connectivity index is 2.10. The molecule has 0 aliphatic carbocycles. The van der Waals surface area contributed by atoms with E-state index in [0.717, 1.165) is 0 Å². The molecule has 21 heavy (non-hydrogen) atoms. The molecule has 0 aliphatic rings. The van der Waals surface area contributed by atoms with Crippen molar-refractivity contribution in [3.05, 3.63) is 58.1 Å². The van der Waals surface area contributed by atoms with E-state index >= 15 is 0 Å². The highest BCUT2D eigenvalue weighted by Crippen LogP contribution is 2.20. The maximum Gasteiger partial charge on any atom is 0.316 e. The Labute approximate surface area is 131 Å². The first-order valence-corrected chi connectivity index (χ1v) is 6.63. The maximum absolute atomic E-state index is 12.1. The summed E-state index contributed by atoms with van der Waals surface area (Å²) < 4.78 is 0. The van der Waals surface area contributed by atoms with Gasteiger partial charge in [0.25, 0.3) is 5.91 Å². The van der Waals surface area contributed by atoms with Crippen molar-refractivity contribution in [3.63, 3.8) is 0 Å². The van der Waals surface area contributed by atoms with Gasteiger partial charge in [0.2, 0.25) is 0 Å². The number of rotatable bonds is 3. The van der Waals surface area contributed by atoms with Gasteiger partial charge in [-0.15, -0.1) is 0 Å². The Morgan fingerprint density at radius 1 is 0.857 bits per heavy atom. The van der Waals surface area contributed by atoms with Crippen LogP contribution in [0, 0.1) is 0 Å². The largest absolute Gasteiger partial charge is 0.351 e. The van der Waals surface area contributed by atoms with Crippen LogP contribution in [0.3, 0.4) is 0 Å². The van der Waals surface area contributed by atoms with Gasteiger partial charge in [-0.2, -0.15) is 0 Å². The van der Waals surface area contributed by atoms with Gasteiger partial charge in [-0.05, 0) is 42.5 Å². The lowest BCUT2D eigenvalue weighted by Crippen LogP contribution is -2.19. The zero-order valence-electron chi connectivity index (χ0n) is 10.7. The second-order valence-corrected chi connectivity index (χ2v) is 5.05. The molecule has 0 aromatic heterocycles. The molecule has 5 nitrogen and oxygen atoms in total. The Bertz CT molecular complexity index is 667. The second-order valence-electron chi connectivity index (χ2n) is 4.18. The SMILES string of the molecule is NC(=O)Nc1ccc(NC(=O)c2cc(Cl)cc(Cl)c2)cc1. The molecule has 0 heterocycles. The van der Waals surface area contributed by atoms with Gasteiger partial charge in [0.15, 0.2) is 0 Å². The molecule has 0 saturated heterocycles. The van der Waals surface area contributed by atoms with Crippen LogP contribution in [0.4, 0.5) is 16.2 Å². The van der Waals surface area contributed by atoms with Gasteiger partial charge in [-0.3, -0.25) is 4.79 Å². The van der Waals surface area contributed by atoms with Crippen LogP contribution in [-0.4, -0.2) is 11.9 Å². The highest BCUT2D eigenvalue weighted by molar-refractivity contribution is 6.35. The minimum absolute atomic E-state index is 0.338. The van der Waals surface area contributed by atoms with E-state index in [-0.39, 0.29) is 5.91 Å². The number of halogens is 2. The minimum atomic E-state index is -0.652. The molecule has 2 aromatic carbocycles. The predicted octanol–water partition coefficient (Wildman–Crippen LogP) is 3.74. The summed E-state index contributed by atoms with van der Waals surface area (Å²) in [5.74, 6) is -0.338. The molecule has 0 unspecified atom stereocenters. The molecular formula is C14H11Cl2N3O2. The first-order valence-electron chi connectivity index (χ1n) is 5.88. The summed E-state index contributed by atoms with van der Waals surface area (Å²) in [6.07, 6.45) is 0. The van der Waals surface area contributed by atoms with Crippen LogP contribution in [0.15, 0.2) is 42.5 Å². The lowest BCUT2D eigenvalue weighted by Gasteiger charge is -2.07. The van der Waals surface area contributed by atoms with E-state index in [1.807, 2.05) is 0 Å². The van der Waals surface area contributed by atoms with Crippen molar-refractivity contribution in [1.82, 2.24) is 0 Å². The van der Waals surface area contributed by atoms with Crippen molar-refractivity contribution in [3.8, 4) is 0 Å². The predicted molar refractivity (Wildman–Crippen MR) is 84.1 cm³/mol. The zero-order valence-corrected chi connectivity index (χ0v) is 12.2. The molecule has 0 saturated carbocycles. The number of benzene rings is 2. The van der Waals surface area contributed by atoms with Crippen LogP contribution in [0.5, 0.6) is 0 Å². The van der Waals surface area contributed by atoms with Crippen molar-refractivity contribution < 1.29 is 9.59 Å². The normalized spacial score (nSPS) is 10.0. The molecule has 7 heteroatoms. The number of anilines is 2. The monoisotopic (exact) mass is 323 g/mol. The van der Waals surface area contributed by atoms with Crippen LogP contribution in [-0.2, 0) is 0 Å². The third-order valence-corrected chi connectivity index (χ3v) is 2.97. The number of nitrogens with two attached hydrogens (primary N) is 1. The smallest absolute Gasteiger partial charge is 0.316 e. The van der Waals surface area contributed by atoms with Gasteiger partial charge in [0, 0.05) is 27.0 Å². The van der Waals surface area contributed by atoms with Crippen molar-refractivity contribution in [1.29, 1.82) is 0 Å². The van der Waals surface area contributed by atoms with Crippen LogP contribution in [0.25, 0.3) is 0 Å². The van der Waals surface area contributed by atoms with Gasteiger partial charge in [-0.25, -0.2) is 4.79 Å². The molecule has 3 amide bonds.